The highest BCUT2D eigenvalue weighted by Gasteiger charge is 2.26. The third-order valence-corrected chi connectivity index (χ3v) is 7.98. The highest BCUT2D eigenvalue weighted by molar-refractivity contribution is 7.89. The molecule has 9 nitrogen and oxygen atoms in total. The first-order chi connectivity index (χ1) is 16.0. The highest BCUT2D eigenvalue weighted by Crippen LogP contribution is 2.21. The summed E-state index contributed by atoms with van der Waals surface area (Å²) in [7, 11) is -3.61. The number of hydrogen-bond donors (Lipinski definition) is 2. The van der Waals surface area contributed by atoms with Crippen molar-refractivity contribution in [2.75, 3.05) is 51.3 Å². The number of nitrogens with zero attached hydrogens (tertiary/aromatic N) is 3. The van der Waals surface area contributed by atoms with Crippen LogP contribution in [0.5, 0.6) is 0 Å². The summed E-state index contributed by atoms with van der Waals surface area (Å²) in [6, 6.07) is 10.3. The number of likely N-dealkylation sites (tertiary alicyclic amines) is 1. The quantitative estimate of drug-likeness (QED) is 0.637. The maximum atomic E-state index is 12.9. The molecule has 0 bridgehead atoms. The number of carbonyl (C=O) groups is 1. The van der Waals surface area contributed by atoms with Gasteiger partial charge in [0.05, 0.1) is 18.1 Å². The molecule has 4 rings (SSSR count). The van der Waals surface area contributed by atoms with Gasteiger partial charge in [0, 0.05) is 56.8 Å². The lowest BCUT2D eigenvalue weighted by molar-refractivity contribution is 0.0730. The molecule has 0 spiro atoms. The minimum absolute atomic E-state index is 0.0995. The van der Waals surface area contributed by atoms with E-state index < -0.39 is 10.0 Å². The number of nitrogens with one attached hydrogen (secondary N) is 2. The van der Waals surface area contributed by atoms with Crippen LogP contribution in [-0.4, -0.2) is 80.6 Å². The van der Waals surface area contributed by atoms with Gasteiger partial charge in [0.2, 0.25) is 10.0 Å². The zero-order valence-corrected chi connectivity index (χ0v) is 19.5. The predicted molar refractivity (Wildman–Crippen MR) is 126 cm³/mol. The Kier molecular flexibility index (Phi) is 7.92. The van der Waals surface area contributed by atoms with Crippen LogP contribution in [0.4, 0.5) is 10.5 Å². The summed E-state index contributed by atoms with van der Waals surface area (Å²) in [6.45, 7) is 4.31. The number of benzene rings is 1. The first kappa shape index (κ1) is 23.6. The van der Waals surface area contributed by atoms with Gasteiger partial charge in [-0.05, 0) is 55.2 Å². The number of hydrogen-bond acceptors (Lipinski definition) is 6. The van der Waals surface area contributed by atoms with E-state index >= 15 is 0 Å². The molecule has 2 aromatic rings. The molecule has 0 aliphatic carbocycles. The Balaban J connectivity index is 1.24. The predicted octanol–water partition coefficient (Wildman–Crippen LogP) is 1.93. The summed E-state index contributed by atoms with van der Waals surface area (Å²) in [5, 5.41) is 5.81. The van der Waals surface area contributed by atoms with Crippen LogP contribution in [0.3, 0.4) is 0 Å². The molecule has 0 saturated carbocycles. The van der Waals surface area contributed by atoms with Crippen molar-refractivity contribution in [3.63, 3.8) is 0 Å². The van der Waals surface area contributed by atoms with Crippen molar-refractivity contribution in [2.45, 2.75) is 30.2 Å². The maximum absolute atomic E-state index is 12.9. The van der Waals surface area contributed by atoms with E-state index in [9.17, 15) is 13.2 Å². The molecule has 2 aliphatic heterocycles. The number of carbonyl (C=O) groups excluding carboxylic acids is 1. The molecular formula is C23H31N5O4S. The van der Waals surface area contributed by atoms with Crippen molar-refractivity contribution in [1.29, 1.82) is 0 Å². The van der Waals surface area contributed by atoms with E-state index in [2.05, 4.69) is 20.5 Å². The number of piperidine rings is 1. The minimum Gasteiger partial charge on any atom is -0.379 e. The van der Waals surface area contributed by atoms with E-state index in [1.54, 1.807) is 18.2 Å². The van der Waals surface area contributed by atoms with Crippen LogP contribution in [0, 0.1) is 0 Å². The SMILES string of the molecule is O=C(Nc1cccc(S(=O)(=O)N2CCOCC2)c1)NC1CCN(CCc2ccncc2)CC1. The number of urea groups is 1. The Labute approximate surface area is 195 Å². The van der Waals surface area contributed by atoms with Crippen LogP contribution in [0.1, 0.15) is 18.4 Å². The molecule has 2 aliphatic rings. The molecule has 10 heteroatoms. The molecular weight excluding hydrogens is 442 g/mol. The van der Waals surface area contributed by atoms with E-state index in [0.29, 0.717) is 32.0 Å². The fraction of sp³-hybridized carbons (Fsp3) is 0.478. The van der Waals surface area contributed by atoms with Gasteiger partial charge in [-0.25, -0.2) is 13.2 Å². The van der Waals surface area contributed by atoms with Gasteiger partial charge in [0.25, 0.3) is 0 Å². The summed E-state index contributed by atoms with van der Waals surface area (Å²) in [5.74, 6) is 0. The van der Waals surface area contributed by atoms with Crippen LogP contribution in [0.15, 0.2) is 53.7 Å². The van der Waals surface area contributed by atoms with Crippen molar-refractivity contribution in [2.24, 2.45) is 0 Å². The fourth-order valence-electron chi connectivity index (χ4n) is 4.16. The zero-order valence-electron chi connectivity index (χ0n) is 18.7. The van der Waals surface area contributed by atoms with E-state index in [0.717, 1.165) is 38.9 Å². The average Bonchev–Trinajstić information content (AvgIpc) is 2.85. The Hall–Kier alpha value is -2.53. The lowest BCUT2D eigenvalue weighted by Gasteiger charge is -2.32. The number of morpholine rings is 1. The standard InChI is InChI=1S/C23H31N5O4S/c29-23(25-20-7-12-27(13-8-20)11-6-19-4-9-24-10-5-19)26-21-2-1-3-22(18-21)33(30,31)28-14-16-32-17-15-28/h1-5,9-10,18,20H,6-8,11-17H2,(H2,25,26,29). The monoisotopic (exact) mass is 473 g/mol. The summed E-state index contributed by atoms with van der Waals surface area (Å²) < 4.78 is 32.4. The van der Waals surface area contributed by atoms with Crippen LogP contribution < -0.4 is 10.6 Å². The normalized spacial score (nSPS) is 18.7. The van der Waals surface area contributed by atoms with Crippen molar-refractivity contribution >= 4 is 21.7 Å². The van der Waals surface area contributed by atoms with E-state index in [4.69, 9.17) is 4.74 Å². The summed E-state index contributed by atoms with van der Waals surface area (Å²) >= 11 is 0. The van der Waals surface area contributed by atoms with E-state index in [-0.39, 0.29) is 17.0 Å². The van der Waals surface area contributed by atoms with Gasteiger partial charge < -0.3 is 20.3 Å². The number of pyridine rings is 1. The Bertz CT molecular complexity index is 1020. The Morgan fingerprint density at radius 2 is 1.79 bits per heavy atom. The van der Waals surface area contributed by atoms with Crippen molar-refractivity contribution in [3.8, 4) is 0 Å². The second-order valence-electron chi connectivity index (χ2n) is 8.36. The van der Waals surface area contributed by atoms with Crippen LogP contribution >= 0.6 is 0 Å². The van der Waals surface area contributed by atoms with Crippen molar-refractivity contribution in [1.82, 2.24) is 19.5 Å². The van der Waals surface area contributed by atoms with Gasteiger partial charge >= 0.3 is 6.03 Å². The van der Waals surface area contributed by atoms with Crippen molar-refractivity contribution in [3.05, 3.63) is 54.4 Å². The first-order valence-electron chi connectivity index (χ1n) is 11.4. The third kappa shape index (κ3) is 6.50. The molecule has 2 fully saturated rings. The number of aromatic nitrogens is 1. The molecule has 178 valence electrons. The number of amides is 2. The third-order valence-electron chi connectivity index (χ3n) is 6.09. The lowest BCUT2D eigenvalue weighted by atomic mass is 10.0. The summed E-state index contributed by atoms with van der Waals surface area (Å²) in [5.41, 5.74) is 1.74. The van der Waals surface area contributed by atoms with Gasteiger partial charge in [0.15, 0.2) is 0 Å². The molecule has 2 saturated heterocycles. The van der Waals surface area contributed by atoms with E-state index in [1.807, 2.05) is 24.5 Å². The van der Waals surface area contributed by atoms with Gasteiger partial charge in [0.1, 0.15) is 0 Å². The number of rotatable bonds is 7. The number of sulfonamides is 1. The summed E-state index contributed by atoms with van der Waals surface area (Å²) in [6.07, 6.45) is 6.39. The van der Waals surface area contributed by atoms with Gasteiger partial charge in [-0.15, -0.1) is 0 Å². The molecule has 1 aromatic heterocycles. The Morgan fingerprint density at radius 3 is 2.52 bits per heavy atom. The maximum Gasteiger partial charge on any atom is 0.319 e. The Morgan fingerprint density at radius 1 is 1.06 bits per heavy atom. The van der Waals surface area contributed by atoms with Gasteiger partial charge in [-0.1, -0.05) is 6.07 Å². The minimum atomic E-state index is -3.61. The molecule has 3 heterocycles. The van der Waals surface area contributed by atoms with Crippen LogP contribution in [0.25, 0.3) is 0 Å². The van der Waals surface area contributed by atoms with Crippen LogP contribution in [-0.2, 0) is 21.2 Å². The van der Waals surface area contributed by atoms with Gasteiger partial charge in [-0.3, -0.25) is 4.98 Å². The molecule has 0 unspecified atom stereocenters. The average molecular weight is 474 g/mol. The topological polar surface area (TPSA) is 104 Å². The second kappa shape index (κ2) is 11.1. The van der Waals surface area contributed by atoms with Crippen LogP contribution in [0.2, 0.25) is 0 Å². The van der Waals surface area contributed by atoms with Crippen molar-refractivity contribution < 1.29 is 17.9 Å². The molecule has 33 heavy (non-hydrogen) atoms. The van der Waals surface area contributed by atoms with Gasteiger partial charge in [-0.2, -0.15) is 4.31 Å². The molecule has 0 atom stereocenters. The molecule has 2 N–H and O–H groups in total. The lowest BCUT2D eigenvalue weighted by Crippen LogP contribution is -2.46. The first-order valence-corrected chi connectivity index (χ1v) is 12.8. The summed E-state index contributed by atoms with van der Waals surface area (Å²) in [4.78, 5) is 19.2. The number of ether oxygens (including phenoxy) is 1. The largest absolute Gasteiger partial charge is 0.379 e. The smallest absolute Gasteiger partial charge is 0.319 e. The molecule has 2 amide bonds. The molecule has 1 aromatic carbocycles. The molecule has 0 radical (unpaired) electrons. The highest BCUT2D eigenvalue weighted by atomic mass is 32.2. The fourth-order valence-corrected chi connectivity index (χ4v) is 5.61. The zero-order chi connectivity index (χ0) is 23.1. The second-order valence-corrected chi connectivity index (χ2v) is 10.3. The number of anilines is 1. The van der Waals surface area contributed by atoms with E-state index in [1.165, 1.54) is 15.9 Å².